The highest BCUT2D eigenvalue weighted by molar-refractivity contribution is 5.82. The van der Waals surface area contributed by atoms with Gasteiger partial charge in [-0.3, -0.25) is 0 Å². The molecule has 1 aliphatic heterocycles. The third-order valence-corrected chi connectivity index (χ3v) is 8.05. The predicted octanol–water partition coefficient (Wildman–Crippen LogP) is 5.41. The molecular weight excluding hydrogens is 512 g/mol. The van der Waals surface area contributed by atoms with Gasteiger partial charge in [-0.2, -0.15) is 0 Å². The van der Waals surface area contributed by atoms with Crippen LogP contribution in [-0.4, -0.2) is 54.0 Å². The quantitative estimate of drug-likeness (QED) is 0.248. The molecule has 5 rings (SSSR count). The summed E-state index contributed by atoms with van der Waals surface area (Å²) < 4.78 is 23.4. The average molecular weight is 551 g/mol. The van der Waals surface area contributed by atoms with Crippen molar-refractivity contribution in [2.24, 2.45) is 0 Å². The number of ether oxygens (including phenoxy) is 4. The monoisotopic (exact) mass is 550 g/mol. The number of aryl methyl sites for hydroxylation is 1. The summed E-state index contributed by atoms with van der Waals surface area (Å²) in [5, 5.41) is 42.0. The number of aliphatic hydroxyl groups excluding tert-OH is 2. The maximum Gasteiger partial charge on any atom is 0.200 e. The van der Waals surface area contributed by atoms with Gasteiger partial charge in [0.15, 0.2) is 17.6 Å². The van der Waals surface area contributed by atoms with Crippen LogP contribution in [0.5, 0.6) is 34.5 Å². The van der Waals surface area contributed by atoms with Gasteiger partial charge in [-0.25, -0.2) is 0 Å². The number of benzene rings is 3. The fourth-order valence-electron chi connectivity index (χ4n) is 6.18. The predicted molar refractivity (Wildman–Crippen MR) is 151 cm³/mol. The van der Waals surface area contributed by atoms with Crippen LogP contribution >= 0.6 is 0 Å². The van der Waals surface area contributed by atoms with Crippen LogP contribution in [0.3, 0.4) is 0 Å². The third kappa shape index (κ3) is 5.02. The molecule has 0 amide bonds. The Labute approximate surface area is 234 Å². The molecule has 40 heavy (non-hydrogen) atoms. The van der Waals surface area contributed by atoms with Crippen molar-refractivity contribution in [1.29, 1.82) is 0 Å². The van der Waals surface area contributed by atoms with Gasteiger partial charge in [-0.05, 0) is 60.2 Å². The second-order valence-electron chi connectivity index (χ2n) is 10.5. The van der Waals surface area contributed by atoms with Gasteiger partial charge in [0.2, 0.25) is 5.75 Å². The third-order valence-electron chi connectivity index (χ3n) is 8.05. The van der Waals surface area contributed by atoms with Crippen molar-refractivity contribution in [2.75, 3.05) is 27.4 Å². The molecular formula is C32H38O8. The van der Waals surface area contributed by atoms with E-state index in [0.717, 1.165) is 59.9 Å². The number of phenolic OH excluding ortho intramolecular Hbond substituents is 2. The molecule has 0 aromatic heterocycles. The Morgan fingerprint density at radius 3 is 2.38 bits per heavy atom. The van der Waals surface area contributed by atoms with Crippen molar-refractivity contribution in [1.82, 2.24) is 0 Å². The molecule has 3 aromatic carbocycles. The maximum absolute atomic E-state index is 11.9. The molecule has 1 heterocycles. The van der Waals surface area contributed by atoms with Gasteiger partial charge in [0, 0.05) is 28.7 Å². The van der Waals surface area contributed by atoms with Crippen LogP contribution in [0.4, 0.5) is 0 Å². The highest BCUT2D eigenvalue weighted by Crippen LogP contribution is 2.54. The number of hydrogen-bond donors (Lipinski definition) is 4. The summed E-state index contributed by atoms with van der Waals surface area (Å²) in [6.07, 6.45) is 3.68. The molecule has 3 aromatic rings. The van der Waals surface area contributed by atoms with Gasteiger partial charge >= 0.3 is 0 Å². The van der Waals surface area contributed by atoms with E-state index in [9.17, 15) is 20.4 Å². The Morgan fingerprint density at radius 1 is 0.950 bits per heavy atom. The number of phenols is 2. The first-order valence-electron chi connectivity index (χ1n) is 14.0. The minimum absolute atomic E-state index is 0.114. The van der Waals surface area contributed by atoms with E-state index in [4.69, 9.17) is 18.9 Å². The van der Waals surface area contributed by atoms with Crippen LogP contribution < -0.4 is 18.9 Å². The zero-order chi connectivity index (χ0) is 28.4. The summed E-state index contributed by atoms with van der Waals surface area (Å²) in [6.45, 7) is 2.14. The summed E-state index contributed by atoms with van der Waals surface area (Å²) in [7, 11) is 2.93. The highest BCUT2D eigenvalue weighted by Gasteiger charge is 2.42. The summed E-state index contributed by atoms with van der Waals surface area (Å²) in [6, 6.07) is 10.6. The number of methoxy groups -OCH3 is 2. The minimum atomic E-state index is -0.863. The largest absolute Gasteiger partial charge is 0.508 e. The first-order valence-corrected chi connectivity index (χ1v) is 14.0. The Balaban J connectivity index is 1.69. The lowest BCUT2D eigenvalue weighted by Crippen LogP contribution is -2.36. The zero-order valence-electron chi connectivity index (χ0n) is 23.3. The fraction of sp³-hybridized carbons (Fsp3) is 0.438. The summed E-state index contributed by atoms with van der Waals surface area (Å²) >= 11 is 0. The van der Waals surface area contributed by atoms with Gasteiger partial charge in [0.25, 0.3) is 0 Å². The normalized spacial score (nSPS) is 19.2. The summed E-state index contributed by atoms with van der Waals surface area (Å²) in [4.78, 5) is 0. The molecule has 3 atom stereocenters. The van der Waals surface area contributed by atoms with E-state index in [2.05, 4.69) is 6.92 Å². The second kappa shape index (κ2) is 11.9. The van der Waals surface area contributed by atoms with Crippen molar-refractivity contribution in [3.63, 3.8) is 0 Å². The molecule has 0 bridgehead atoms. The van der Waals surface area contributed by atoms with E-state index in [1.54, 1.807) is 24.3 Å². The molecule has 0 saturated carbocycles. The smallest absolute Gasteiger partial charge is 0.200 e. The van der Waals surface area contributed by atoms with Gasteiger partial charge in [-0.15, -0.1) is 0 Å². The summed E-state index contributed by atoms with van der Waals surface area (Å²) in [5.41, 5.74) is 5.62. The number of fused-ring (bicyclic) bond motifs is 5. The van der Waals surface area contributed by atoms with Crippen LogP contribution in [0, 0.1) is 0 Å². The van der Waals surface area contributed by atoms with Crippen molar-refractivity contribution >= 4 is 0 Å². The van der Waals surface area contributed by atoms with E-state index in [0.29, 0.717) is 23.5 Å². The fourth-order valence-corrected chi connectivity index (χ4v) is 6.18. The molecule has 0 fully saturated rings. The highest BCUT2D eigenvalue weighted by atomic mass is 16.5. The van der Waals surface area contributed by atoms with Crippen LogP contribution in [0.15, 0.2) is 36.4 Å². The van der Waals surface area contributed by atoms with Crippen molar-refractivity contribution < 1.29 is 39.4 Å². The Bertz CT molecular complexity index is 1340. The minimum Gasteiger partial charge on any atom is -0.508 e. The van der Waals surface area contributed by atoms with Crippen LogP contribution in [0.1, 0.15) is 66.9 Å². The Morgan fingerprint density at radius 2 is 1.70 bits per heavy atom. The molecule has 1 aliphatic carbocycles. The maximum atomic E-state index is 11.9. The summed E-state index contributed by atoms with van der Waals surface area (Å²) in [5.74, 6) is 1.60. The molecule has 8 heteroatoms. The van der Waals surface area contributed by atoms with Crippen molar-refractivity contribution in [2.45, 2.75) is 63.6 Å². The average Bonchev–Trinajstić information content (AvgIpc) is 2.96. The molecule has 214 valence electrons. The van der Waals surface area contributed by atoms with E-state index < -0.39 is 12.2 Å². The molecule has 0 radical (unpaired) electrons. The topological polar surface area (TPSA) is 118 Å². The number of unbranched alkanes of at least 4 members (excludes halogenated alkanes) is 2. The number of rotatable bonds is 10. The van der Waals surface area contributed by atoms with Gasteiger partial charge in [0.1, 0.15) is 30.0 Å². The lowest BCUT2D eigenvalue weighted by Gasteiger charge is -2.40. The Kier molecular flexibility index (Phi) is 8.28. The van der Waals surface area contributed by atoms with E-state index >= 15 is 0 Å². The van der Waals surface area contributed by atoms with E-state index in [1.807, 2.05) is 12.1 Å². The van der Waals surface area contributed by atoms with Crippen LogP contribution in [0.25, 0.3) is 11.1 Å². The van der Waals surface area contributed by atoms with Crippen molar-refractivity contribution in [3.05, 3.63) is 58.7 Å². The second-order valence-corrected chi connectivity index (χ2v) is 10.5. The lowest BCUT2D eigenvalue weighted by molar-refractivity contribution is -0.00357. The number of aliphatic hydroxyl groups is 2. The molecule has 0 unspecified atom stereocenters. The van der Waals surface area contributed by atoms with Crippen LogP contribution in [0.2, 0.25) is 0 Å². The lowest BCUT2D eigenvalue weighted by atomic mass is 9.74. The molecule has 4 N–H and O–H groups in total. The van der Waals surface area contributed by atoms with Gasteiger partial charge in [-0.1, -0.05) is 32.3 Å². The Hall–Kier alpha value is -3.62. The first-order chi connectivity index (χ1) is 19.4. The van der Waals surface area contributed by atoms with E-state index in [-0.39, 0.29) is 42.1 Å². The number of hydrogen-bond acceptors (Lipinski definition) is 8. The van der Waals surface area contributed by atoms with Gasteiger partial charge in [0.05, 0.1) is 20.8 Å². The standard InChI is InChI=1S/C32H38O8/c1-4-5-6-7-23-29-22-10-8-18-14-20(34)9-11-21(18)28(22)24(39-13-12-33)17-25(29)40-32(30(23)35)19-15-26(37-2)31(36)27(16-19)38-3/h9,11,14-17,23,30,32-36H,4-8,10,12-13H2,1-3H3/t23-,30+,32-/m0/s1. The van der Waals surface area contributed by atoms with Crippen LogP contribution in [-0.2, 0) is 12.8 Å². The van der Waals surface area contributed by atoms with Gasteiger partial charge < -0.3 is 39.4 Å². The van der Waals surface area contributed by atoms with Crippen molar-refractivity contribution in [3.8, 4) is 45.6 Å². The first kappa shape index (κ1) is 27.9. The molecule has 2 aliphatic rings. The zero-order valence-corrected chi connectivity index (χ0v) is 23.3. The molecule has 0 spiro atoms. The molecule has 8 nitrogen and oxygen atoms in total. The SMILES string of the molecule is CCCCC[C@H]1c2c(cc(OCCO)c3c2CCc2cc(O)ccc2-3)O[C@@H](c2cc(OC)c(O)c(OC)c2)[C@@H]1O. The number of aromatic hydroxyl groups is 2. The molecule has 0 saturated heterocycles. The van der Waals surface area contributed by atoms with E-state index in [1.165, 1.54) is 14.2 Å².